The Balaban J connectivity index is 1.78. The number of hydrogen-bond donors (Lipinski definition) is 1. The molecule has 1 N–H and O–H groups in total. The first-order valence-corrected chi connectivity index (χ1v) is 6.65. The Morgan fingerprint density at radius 1 is 1.43 bits per heavy atom. The summed E-state index contributed by atoms with van der Waals surface area (Å²) in [4.78, 5) is 23.2. The van der Waals surface area contributed by atoms with E-state index in [1.807, 2.05) is 0 Å². The molecule has 0 aliphatic heterocycles. The summed E-state index contributed by atoms with van der Waals surface area (Å²) in [5.74, 6) is -1.34. The molecule has 0 radical (unpaired) electrons. The van der Waals surface area contributed by atoms with Crippen molar-refractivity contribution in [2.24, 2.45) is 0 Å². The second-order valence-electron chi connectivity index (χ2n) is 4.96. The first kappa shape index (κ1) is 13.5. The van der Waals surface area contributed by atoms with E-state index in [1.54, 1.807) is 21.4 Å². The highest BCUT2D eigenvalue weighted by atomic mass is 19.1. The van der Waals surface area contributed by atoms with E-state index in [2.05, 4.69) is 22.1 Å². The molecular weight excluding hydrogens is 277 g/mol. The van der Waals surface area contributed by atoms with Crippen LogP contribution in [0, 0.1) is 0 Å². The standard InChI is InChI=1S/C13H14FN5O2/c1-8(14)12(20)15-5-4-10-16-17-11-13(21)18(9-2-3-9)6-7-19(10)11/h6-7,9H,1-5H2,(H,15,20). The third-order valence-electron chi connectivity index (χ3n) is 3.39. The molecule has 2 aromatic heterocycles. The highest BCUT2D eigenvalue weighted by Gasteiger charge is 2.25. The second kappa shape index (κ2) is 5.12. The minimum absolute atomic E-state index is 0.167. The van der Waals surface area contributed by atoms with Crippen molar-refractivity contribution < 1.29 is 9.18 Å². The molecule has 0 atom stereocenters. The molecule has 1 fully saturated rings. The van der Waals surface area contributed by atoms with Crippen LogP contribution in [0.25, 0.3) is 5.65 Å². The molecule has 2 aromatic rings. The van der Waals surface area contributed by atoms with Gasteiger partial charge in [0.25, 0.3) is 11.5 Å². The monoisotopic (exact) mass is 291 g/mol. The summed E-state index contributed by atoms with van der Waals surface area (Å²) in [5.41, 5.74) is 0.0977. The van der Waals surface area contributed by atoms with Gasteiger partial charge in [0.15, 0.2) is 5.83 Å². The van der Waals surface area contributed by atoms with Gasteiger partial charge in [-0.25, -0.2) is 4.39 Å². The maximum Gasteiger partial charge on any atom is 0.296 e. The van der Waals surface area contributed by atoms with Crippen molar-refractivity contribution in [2.45, 2.75) is 25.3 Å². The minimum atomic E-state index is -1.03. The molecule has 3 rings (SSSR count). The molecule has 0 unspecified atom stereocenters. The van der Waals surface area contributed by atoms with Gasteiger partial charge in [0, 0.05) is 31.4 Å². The average Bonchev–Trinajstić information content (AvgIpc) is 3.20. The minimum Gasteiger partial charge on any atom is -0.350 e. The molecule has 21 heavy (non-hydrogen) atoms. The van der Waals surface area contributed by atoms with E-state index in [0.29, 0.717) is 12.2 Å². The van der Waals surface area contributed by atoms with Crippen LogP contribution in [0.2, 0.25) is 0 Å². The zero-order valence-corrected chi connectivity index (χ0v) is 11.3. The molecule has 0 aromatic carbocycles. The van der Waals surface area contributed by atoms with Crippen LogP contribution in [0.5, 0.6) is 0 Å². The molecule has 0 bridgehead atoms. The maximum absolute atomic E-state index is 12.5. The van der Waals surface area contributed by atoms with Crippen molar-refractivity contribution in [3.8, 4) is 0 Å². The quantitative estimate of drug-likeness (QED) is 0.807. The van der Waals surface area contributed by atoms with Crippen LogP contribution in [0.15, 0.2) is 29.6 Å². The number of nitrogens with zero attached hydrogens (tertiary/aromatic N) is 4. The van der Waals surface area contributed by atoms with Crippen LogP contribution < -0.4 is 10.9 Å². The lowest BCUT2D eigenvalue weighted by atomic mass is 10.4. The fourth-order valence-electron chi connectivity index (χ4n) is 2.14. The Kier molecular flexibility index (Phi) is 3.28. The van der Waals surface area contributed by atoms with E-state index in [0.717, 1.165) is 12.8 Å². The smallest absolute Gasteiger partial charge is 0.296 e. The fourth-order valence-corrected chi connectivity index (χ4v) is 2.14. The summed E-state index contributed by atoms with van der Waals surface area (Å²) in [6.07, 6.45) is 5.82. The van der Waals surface area contributed by atoms with Gasteiger partial charge in [0.2, 0.25) is 5.65 Å². The van der Waals surface area contributed by atoms with Crippen LogP contribution in [-0.2, 0) is 11.2 Å². The van der Waals surface area contributed by atoms with Crippen molar-refractivity contribution in [2.75, 3.05) is 6.54 Å². The summed E-state index contributed by atoms with van der Waals surface area (Å²) in [6, 6.07) is 0.275. The molecular formula is C13H14FN5O2. The predicted octanol–water partition coefficient (Wildman–Crippen LogP) is 0.368. The topological polar surface area (TPSA) is 81.3 Å². The van der Waals surface area contributed by atoms with E-state index >= 15 is 0 Å². The predicted molar refractivity (Wildman–Crippen MR) is 72.5 cm³/mol. The average molecular weight is 291 g/mol. The van der Waals surface area contributed by atoms with E-state index in [-0.39, 0.29) is 23.8 Å². The first-order valence-electron chi connectivity index (χ1n) is 6.65. The SMILES string of the molecule is C=C(F)C(=O)NCCc1nnc2c(=O)n(C3CC3)ccn12. The van der Waals surface area contributed by atoms with Gasteiger partial charge >= 0.3 is 0 Å². The Labute approximate surface area is 119 Å². The number of carbonyl (C=O) groups is 1. The number of hydrogen-bond acceptors (Lipinski definition) is 4. The highest BCUT2D eigenvalue weighted by Crippen LogP contribution is 2.33. The highest BCUT2D eigenvalue weighted by molar-refractivity contribution is 5.90. The van der Waals surface area contributed by atoms with Gasteiger partial charge < -0.3 is 9.88 Å². The normalized spacial score (nSPS) is 14.3. The van der Waals surface area contributed by atoms with Gasteiger partial charge in [-0.2, -0.15) is 0 Å². The van der Waals surface area contributed by atoms with Crippen molar-refractivity contribution in [1.82, 2.24) is 24.5 Å². The van der Waals surface area contributed by atoms with Crippen LogP contribution in [-0.4, -0.2) is 31.6 Å². The zero-order chi connectivity index (χ0) is 15.0. The van der Waals surface area contributed by atoms with E-state index in [4.69, 9.17) is 0 Å². The molecule has 8 heteroatoms. The third-order valence-corrected chi connectivity index (χ3v) is 3.39. The van der Waals surface area contributed by atoms with E-state index in [1.165, 1.54) is 0 Å². The van der Waals surface area contributed by atoms with Gasteiger partial charge in [-0.15, -0.1) is 10.2 Å². The lowest BCUT2D eigenvalue weighted by molar-refractivity contribution is -0.118. The Bertz CT molecular complexity index is 774. The van der Waals surface area contributed by atoms with Crippen molar-refractivity contribution in [3.05, 3.63) is 41.0 Å². The summed E-state index contributed by atoms with van der Waals surface area (Å²) in [5, 5.41) is 10.2. The van der Waals surface area contributed by atoms with Crippen LogP contribution in [0.1, 0.15) is 24.7 Å². The largest absolute Gasteiger partial charge is 0.350 e. The number of rotatable bonds is 5. The Morgan fingerprint density at radius 2 is 2.19 bits per heavy atom. The van der Waals surface area contributed by atoms with Gasteiger partial charge in [-0.1, -0.05) is 6.58 Å². The Hall–Kier alpha value is -2.51. The lowest BCUT2D eigenvalue weighted by Crippen LogP contribution is -2.26. The molecule has 2 heterocycles. The summed E-state index contributed by atoms with van der Waals surface area (Å²) < 4.78 is 15.8. The number of halogens is 1. The molecule has 0 spiro atoms. The number of nitrogens with one attached hydrogen (secondary N) is 1. The number of carbonyl (C=O) groups excluding carboxylic acids is 1. The van der Waals surface area contributed by atoms with Gasteiger partial charge in [-0.3, -0.25) is 14.0 Å². The van der Waals surface area contributed by atoms with Crippen LogP contribution in [0.3, 0.4) is 0 Å². The number of fused-ring (bicyclic) bond motifs is 1. The third kappa shape index (κ3) is 2.56. The van der Waals surface area contributed by atoms with Crippen molar-refractivity contribution >= 4 is 11.6 Å². The van der Waals surface area contributed by atoms with E-state index in [9.17, 15) is 14.0 Å². The maximum atomic E-state index is 12.5. The molecule has 0 saturated heterocycles. The fraction of sp³-hybridized carbons (Fsp3) is 0.385. The van der Waals surface area contributed by atoms with Crippen molar-refractivity contribution in [1.29, 1.82) is 0 Å². The van der Waals surface area contributed by atoms with Gasteiger partial charge in [0.05, 0.1) is 0 Å². The number of amides is 1. The molecule has 7 nitrogen and oxygen atoms in total. The summed E-state index contributed by atoms with van der Waals surface area (Å²) >= 11 is 0. The second-order valence-corrected chi connectivity index (χ2v) is 4.96. The van der Waals surface area contributed by atoms with Crippen molar-refractivity contribution in [3.63, 3.8) is 0 Å². The molecule has 1 aliphatic rings. The van der Waals surface area contributed by atoms with Gasteiger partial charge in [-0.05, 0) is 12.8 Å². The number of aromatic nitrogens is 4. The Morgan fingerprint density at radius 3 is 2.86 bits per heavy atom. The van der Waals surface area contributed by atoms with Crippen LogP contribution >= 0.6 is 0 Å². The first-order chi connectivity index (χ1) is 10.1. The zero-order valence-electron chi connectivity index (χ0n) is 11.3. The summed E-state index contributed by atoms with van der Waals surface area (Å²) in [7, 11) is 0. The lowest BCUT2D eigenvalue weighted by Gasteiger charge is -2.05. The molecule has 1 amide bonds. The molecule has 110 valence electrons. The van der Waals surface area contributed by atoms with Crippen LogP contribution in [0.4, 0.5) is 4.39 Å². The van der Waals surface area contributed by atoms with Gasteiger partial charge in [0.1, 0.15) is 5.82 Å². The van der Waals surface area contributed by atoms with E-state index < -0.39 is 11.7 Å². The molecule has 1 saturated carbocycles. The summed E-state index contributed by atoms with van der Waals surface area (Å²) in [6.45, 7) is 3.10. The molecule has 1 aliphatic carbocycles.